The van der Waals surface area contributed by atoms with Gasteiger partial charge in [0, 0.05) is 16.9 Å². The molecule has 0 N–H and O–H groups in total. The number of benzene rings is 1. The van der Waals surface area contributed by atoms with E-state index < -0.39 is 0 Å². The molecule has 0 fully saturated rings. The average Bonchev–Trinajstić information content (AvgIpc) is 3.15. The maximum absolute atomic E-state index is 13.4. The number of aromatic nitrogens is 2. The fourth-order valence-electron chi connectivity index (χ4n) is 3.89. The lowest BCUT2D eigenvalue weighted by atomic mass is 9.97. The van der Waals surface area contributed by atoms with E-state index in [-0.39, 0.29) is 5.56 Å². The Morgan fingerprint density at radius 3 is 2.47 bits per heavy atom. The number of aryl methyl sites for hydroxylation is 3. The summed E-state index contributed by atoms with van der Waals surface area (Å²) >= 11 is 1.66. The van der Waals surface area contributed by atoms with Gasteiger partial charge in [0.1, 0.15) is 10.7 Å². The summed E-state index contributed by atoms with van der Waals surface area (Å²) in [5.41, 5.74) is 1.80. The van der Waals surface area contributed by atoms with Gasteiger partial charge in [-0.25, -0.2) is 4.98 Å². The minimum Gasteiger partial charge on any atom is -0.493 e. The summed E-state index contributed by atoms with van der Waals surface area (Å²) in [6.45, 7) is 1.98. The van der Waals surface area contributed by atoms with E-state index in [0.717, 1.165) is 40.6 Å². The predicted octanol–water partition coefficient (Wildman–Crippen LogP) is 3.81. The van der Waals surface area contributed by atoms with Crippen LogP contribution in [0.1, 0.15) is 41.6 Å². The zero-order chi connectivity index (χ0) is 21.3. The van der Waals surface area contributed by atoms with Gasteiger partial charge in [-0.1, -0.05) is 6.92 Å². The summed E-state index contributed by atoms with van der Waals surface area (Å²) in [7, 11) is 4.69. The van der Waals surface area contributed by atoms with Gasteiger partial charge in [-0.05, 0) is 43.4 Å². The molecule has 0 saturated heterocycles. The molecule has 1 aliphatic rings. The molecule has 1 aromatic carbocycles. The third kappa shape index (κ3) is 3.45. The SMILES string of the molecule is CCc1nc2sc3c(c2c(=O)n1/N=C/c1cc(OC)c(OC)c(OC)c1)CCCC3. The van der Waals surface area contributed by atoms with Gasteiger partial charge in [-0.2, -0.15) is 9.78 Å². The van der Waals surface area contributed by atoms with Crippen LogP contribution in [0.3, 0.4) is 0 Å². The summed E-state index contributed by atoms with van der Waals surface area (Å²) in [6, 6.07) is 3.58. The maximum Gasteiger partial charge on any atom is 0.283 e. The highest BCUT2D eigenvalue weighted by Crippen LogP contribution is 2.38. The lowest BCUT2D eigenvalue weighted by Gasteiger charge is -2.13. The van der Waals surface area contributed by atoms with E-state index in [1.165, 1.54) is 16.0 Å². The van der Waals surface area contributed by atoms with Crippen LogP contribution in [-0.2, 0) is 19.3 Å². The summed E-state index contributed by atoms with van der Waals surface area (Å²) < 4.78 is 17.6. The third-order valence-corrected chi connectivity index (χ3v) is 6.55. The van der Waals surface area contributed by atoms with E-state index >= 15 is 0 Å². The van der Waals surface area contributed by atoms with Crippen LogP contribution in [-0.4, -0.2) is 37.2 Å². The molecule has 8 heteroatoms. The molecule has 0 aliphatic heterocycles. The van der Waals surface area contributed by atoms with Crippen molar-refractivity contribution >= 4 is 27.8 Å². The minimum atomic E-state index is -0.0973. The summed E-state index contributed by atoms with van der Waals surface area (Å²) in [5, 5.41) is 5.23. The van der Waals surface area contributed by atoms with Gasteiger partial charge in [-0.15, -0.1) is 11.3 Å². The van der Waals surface area contributed by atoms with Crippen LogP contribution in [0.15, 0.2) is 22.0 Å². The van der Waals surface area contributed by atoms with Gasteiger partial charge in [0.15, 0.2) is 11.5 Å². The molecule has 7 nitrogen and oxygen atoms in total. The Kier molecular flexibility index (Phi) is 5.76. The van der Waals surface area contributed by atoms with Crippen LogP contribution in [0, 0.1) is 0 Å². The highest BCUT2D eigenvalue weighted by atomic mass is 32.1. The third-order valence-electron chi connectivity index (χ3n) is 5.36. The van der Waals surface area contributed by atoms with Crippen molar-refractivity contribution in [3.8, 4) is 17.2 Å². The van der Waals surface area contributed by atoms with Crippen molar-refractivity contribution in [1.82, 2.24) is 9.66 Å². The van der Waals surface area contributed by atoms with Crippen LogP contribution in [0.5, 0.6) is 17.2 Å². The van der Waals surface area contributed by atoms with Crippen LogP contribution >= 0.6 is 11.3 Å². The normalized spacial score (nSPS) is 13.6. The van der Waals surface area contributed by atoms with Gasteiger partial charge >= 0.3 is 0 Å². The van der Waals surface area contributed by atoms with E-state index in [1.54, 1.807) is 51.0 Å². The van der Waals surface area contributed by atoms with Crippen LogP contribution < -0.4 is 19.8 Å². The summed E-state index contributed by atoms with van der Waals surface area (Å²) in [4.78, 5) is 20.3. The number of methoxy groups -OCH3 is 3. The lowest BCUT2D eigenvalue weighted by molar-refractivity contribution is 0.324. The van der Waals surface area contributed by atoms with Crippen molar-refractivity contribution in [2.45, 2.75) is 39.0 Å². The quantitative estimate of drug-likeness (QED) is 0.559. The Labute approximate surface area is 178 Å². The highest BCUT2D eigenvalue weighted by molar-refractivity contribution is 7.18. The van der Waals surface area contributed by atoms with Crippen LogP contribution in [0.2, 0.25) is 0 Å². The first kappa shape index (κ1) is 20.4. The minimum absolute atomic E-state index is 0.0973. The molecular formula is C22H25N3O4S. The molecular weight excluding hydrogens is 402 g/mol. The van der Waals surface area contributed by atoms with Crippen molar-refractivity contribution < 1.29 is 14.2 Å². The molecule has 3 aromatic rings. The molecule has 0 spiro atoms. The Morgan fingerprint density at radius 1 is 1.13 bits per heavy atom. The number of fused-ring (bicyclic) bond motifs is 3. The Bertz CT molecular complexity index is 1150. The first-order valence-electron chi connectivity index (χ1n) is 10.0. The highest BCUT2D eigenvalue weighted by Gasteiger charge is 2.21. The molecule has 0 radical (unpaired) electrons. The van der Waals surface area contributed by atoms with Crippen molar-refractivity contribution in [3.63, 3.8) is 0 Å². The van der Waals surface area contributed by atoms with E-state index in [0.29, 0.717) is 29.5 Å². The number of rotatable bonds is 6. The van der Waals surface area contributed by atoms with Gasteiger partial charge in [0.25, 0.3) is 5.56 Å². The van der Waals surface area contributed by atoms with Gasteiger partial charge in [0.05, 0.1) is 32.9 Å². The zero-order valence-corrected chi connectivity index (χ0v) is 18.5. The number of ether oxygens (including phenoxy) is 3. The standard InChI is InChI=1S/C22H25N3O4S/c1-5-18-24-21-19(14-8-6-7-9-17(14)30-21)22(26)25(18)23-12-13-10-15(27-2)20(29-4)16(11-13)28-3/h10-12H,5-9H2,1-4H3/b23-12+. The first-order chi connectivity index (χ1) is 14.6. The molecule has 30 heavy (non-hydrogen) atoms. The Balaban J connectivity index is 1.83. The monoisotopic (exact) mass is 427 g/mol. The number of thiophene rings is 1. The van der Waals surface area contributed by atoms with Gasteiger partial charge < -0.3 is 14.2 Å². The molecule has 0 atom stereocenters. The van der Waals surface area contributed by atoms with Crippen molar-refractivity contribution in [2.75, 3.05) is 21.3 Å². The van der Waals surface area contributed by atoms with E-state index in [4.69, 9.17) is 19.2 Å². The number of nitrogens with zero attached hydrogens (tertiary/aromatic N) is 3. The second kappa shape index (κ2) is 8.47. The van der Waals surface area contributed by atoms with Crippen LogP contribution in [0.25, 0.3) is 10.2 Å². The molecule has 0 bridgehead atoms. The van der Waals surface area contributed by atoms with E-state index in [1.807, 2.05) is 6.92 Å². The van der Waals surface area contributed by atoms with E-state index in [2.05, 4.69) is 5.10 Å². The zero-order valence-electron chi connectivity index (χ0n) is 17.7. The smallest absolute Gasteiger partial charge is 0.283 e. The van der Waals surface area contributed by atoms with Crippen molar-refractivity contribution in [3.05, 3.63) is 44.3 Å². The lowest BCUT2D eigenvalue weighted by Crippen LogP contribution is -2.22. The molecule has 158 valence electrons. The summed E-state index contributed by atoms with van der Waals surface area (Å²) in [5.74, 6) is 2.22. The predicted molar refractivity (Wildman–Crippen MR) is 119 cm³/mol. The Hall–Kier alpha value is -2.87. The van der Waals surface area contributed by atoms with Crippen LogP contribution in [0.4, 0.5) is 0 Å². The summed E-state index contributed by atoms with van der Waals surface area (Å²) in [6.07, 6.45) is 6.49. The molecule has 1 aliphatic carbocycles. The fourth-order valence-corrected chi connectivity index (χ4v) is 5.16. The second-order valence-electron chi connectivity index (χ2n) is 7.09. The second-order valence-corrected chi connectivity index (χ2v) is 8.18. The average molecular weight is 428 g/mol. The number of hydrogen-bond donors (Lipinski definition) is 0. The van der Waals surface area contributed by atoms with Crippen molar-refractivity contribution in [2.24, 2.45) is 5.10 Å². The molecule has 0 unspecified atom stereocenters. The number of hydrogen-bond acceptors (Lipinski definition) is 7. The van der Waals surface area contributed by atoms with Gasteiger partial charge in [-0.3, -0.25) is 4.79 Å². The molecule has 0 amide bonds. The molecule has 0 saturated carbocycles. The van der Waals surface area contributed by atoms with Gasteiger partial charge in [0.2, 0.25) is 5.75 Å². The molecule has 2 heterocycles. The largest absolute Gasteiger partial charge is 0.493 e. The maximum atomic E-state index is 13.4. The van der Waals surface area contributed by atoms with Crippen molar-refractivity contribution in [1.29, 1.82) is 0 Å². The molecule has 4 rings (SSSR count). The topological polar surface area (TPSA) is 74.9 Å². The Morgan fingerprint density at radius 2 is 1.83 bits per heavy atom. The molecule has 2 aromatic heterocycles. The first-order valence-corrected chi connectivity index (χ1v) is 10.8. The van der Waals surface area contributed by atoms with E-state index in [9.17, 15) is 4.79 Å². The fraction of sp³-hybridized carbons (Fsp3) is 0.409.